The second-order valence-electron chi connectivity index (χ2n) is 5.06. The van der Waals surface area contributed by atoms with Crippen molar-refractivity contribution < 1.29 is 4.52 Å². The summed E-state index contributed by atoms with van der Waals surface area (Å²) in [6.45, 7) is 2.16. The maximum Gasteiger partial charge on any atom is 0.243 e. The fourth-order valence-corrected chi connectivity index (χ4v) is 3.76. The van der Waals surface area contributed by atoms with Crippen LogP contribution in [0.15, 0.2) is 4.52 Å². The Balaban J connectivity index is 1.71. The molecule has 0 amide bonds. The molecule has 0 saturated carbocycles. The van der Waals surface area contributed by atoms with Gasteiger partial charge in [0, 0.05) is 18.1 Å². The highest BCUT2D eigenvalue weighted by molar-refractivity contribution is 7.99. The van der Waals surface area contributed by atoms with E-state index in [0.717, 1.165) is 37.0 Å². The SMILES string of the molecule is CN1CCSCC1c1noc([C@@H]2CCCCN2)n1. The molecule has 0 spiro atoms. The Morgan fingerprint density at radius 2 is 2.39 bits per heavy atom. The van der Waals surface area contributed by atoms with Gasteiger partial charge in [-0.3, -0.25) is 4.90 Å². The van der Waals surface area contributed by atoms with Crippen LogP contribution in [0.4, 0.5) is 0 Å². The number of nitrogens with zero attached hydrogens (tertiary/aromatic N) is 3. The molecule has 0 bridgehead atoms. The van der Waals surface area contributed by atoms with Crippen molar-refractivity contribution in [2.45, 2.75) is 31.3 Å². The van der Waals surface area contributed by atoms with E-state index in [2.05, 4.69) is 27.4 Å². The molecule has 1 unspecified atom stereocenters. The molecule has 100 valence electrons. The summed E-state index contributed by atoms with van der Waals surface area (Å²) >= 11 is 1.97. The summed E-state index contributed by atoms with van der Waals surface area (Å²) in [5, 5.41) is 7.63. The van der Waals surface area contributed by atoms with Crippen molar-refractivity contribution in [1.29, 1.82) is 0 Å². The molecule has 5 nitrogen and oxygen atoms in total. The third-order valence-electron chi connectivity index (χ3n) is 3.76. The van der Waals surface area contributed by atoms with Gasteiger partial charge in [-0.25, -0.2) is 0 Å². The minimum atomic E-state index is 0.265. The highest BCUT2D eigenvalue weighted by Gasteiger charge is 2.28. The molecule has 18 heavy (non-hydrogen) atoms. The zero-order valence-electron chi connectivity index (χ0n) is 10.8. The van der Waals surface area contributed by atoms with Crippen molar-refractivity contribution in [2.75, 3.05) is 31.6 Å². The lowest BCUT2D eigenvalue weighted by atomic mass is 10.1. The third-order valence-corrected chi connectivity index (χ3v) is 4.78. The molecule has 2 aliphatic rings. The lowest BCUT2D eigenvalue weighted by molar-refractivity contribution is 0.253. The van der Waals surface area contributed by atoms with Gasteiger partial charge >= 0.3 is 0 Å². The topological polar surface area (TPSA) is 54.2 Å². The minimum absolute atomic E-state index is 0.265. The molecule has 2 atom stereocenters. The number of hydrogen-bond acceptors (Lipinski definition) is 6. The summed E-state index contributed by atoms with van der Waals surface area (Å²) in [6, 6.07) is 0.575. The van der Waals surface area contributed by atoms with Crippen LogP contribution in [0.3, 0.4) is 0 Å². The van der Waals surface area contributed by atoms with Crippen LogP contribution in [0.5, 0.6) is 0 Å². The number of piperidine rings is 1. The summed E-state index contributed by atoms with van der Waals surface area (Å²) in [4.78, 5) is 6.93. The Morgan fingerprint density at radius 3 is 3.17 bits per heavy atom. The van der Waals surface area contributed by atoms with E-state index in [9.17, 15) is 0 Å². The molecule has 3 heterocycles. The largest absolute Gasteiger partial charge is 0.338 e. The van der Waals surface area contributed by atoms with Crippen LogP contribution in [-0.2, 0) is 0 Å². The first-order chi connectivity index (χ1) is 8.84. The molecule has 0 radical (unpaired) electrons. The summed E-state index contributed by atoms with van der Waals surface area (Å²) in [5.74, 6) is 3.89. The number of thioether (sulfide) groups is 1. The van der Waals surface area contributed by atoms with Crippen LogP contribution in [0, 0.1) is 0 Å². The predicted molar refractivity (Wildman–Crippen MR) is 71.6 cm³/mol. The summed E-state index contributed by atoms with van der Waals surface area (Å²) in [6.07, 6.45) is 3.60. The van der Waals surface area contributed by atoms with Crippen LogP contribution in [-0.4, -0.2) is 46.7 Å². The van der Waals surface area contributed by atoms with Crippen molar-refractivity contribution in [2.24, 2.45) is 0 Å². The first-order valence-electron chi connectivity index (χ1n) is 6.69. The average molecular weight is 268 g/mol. The van der Waals surface area contributed by atoms with E-state index >= 15 is 0 Å². The normalized spacial score (nSPS) is 30.5. The van der Waals surface area contributed by atoms with E-state index < -0.39 is 0 Å². The summed E-state index contributed by atoms with van der Waals surface area (Å²) in [7, 11) is 2.14. The fourth-order valence-electron chi connectivity index (χ4n) is 2.54. The van der Waals surface area contributed by atoms with Gasteiger partial charge in [-0.15, -0.1) is 0 Å². The van der Waals surface area contributed by atoms with Crippen LogP contribution < -0.4 is 5.32 Å². The van der Waals surface area contributed by atoms with Crippen LogP contribution in [0.1, 0.15) is 43.1 Å². The number of nitrogens with one attached hydrogen (secondary N) is 1. The molecule has 1 aromatic heterocycles. The van der Waals surface area contributed by atoms with Crippen molar-refractivity contribution in [1.82, 2.24) is 20.4 Å². The monoisotopic (exact) mass is 268 g/mol. The molecule has 2 saturated heterocycles. The first-order valence-corrected chi connectivity index (χ1v) is 7.85. The number of rotatable bonds is 2. The van der Waals surface area contributed by atoms with E-state index in [1.165, 1.54) is 18.6 Å². The van der Waals surface area contributed by atoms with Crippen LogP contribution in [0.25, 0.3) is 0 Å². The van der Waals surface area contributed by atoms with E-state index in [1.807, 2.05) is 11.8 Å². The molecule has 1 aromatic rings. The average Bonchev–Trinajstić information content (AvgIpc) is 2.90. The Hall–Kier alpha value is -0.590. The van der Waals surface area contributed by atoms with Gasteiger partial charge in [-0.05, 0) is 26.4 Å². The highest BCUT2D eigenvalue weighted by atomic mass is 32.2. The van der Waals surface area contributed by atoms with Gasteiger partial charge in [0.25, 0.3) is 0 Å². The maximum absolute atomic E-state index is 5.45. The molecule has 6 heteroatoms. The highest BCUT2D eigenvalue weighted by Crippen LogP contribution is 2.28. The van der Waals surface area contributed by atoms with Gasteiger partial charge in [-0.2, -0.15) is 16.7 Å². The molecule has 2 aliphatic heterocycles. The zero-order chi connectivity index (χ0) is 12.4. The van der Waals surface area contributed by atoms with Crippen molar-refractivity contribution in [3.8, 4) is 0 Å². The molecule has 2 fully saturated rings. The molecule has 3 rings (SSSR count). The molecular weight excluding hydrogens is 248 g/mol. The molecule has 0 aromatic carbocycles. The number of hydrogen-bond donors (Lipinski definition) is 1. The van der Waals surface area contributed by atoms with Gasteiger partial charge in [0.2, 0.25) is 5.89 Å². The van der Waals surface area contributed by atoms with Gasteiger partial charge in [0.05, 0.1) is 12.1 Å². The predicted octanol–water partition coefficient (Wildman–Crippen LogP) is 1.60. The second kappa shape index (κ2) is 5.59. The third kappa shape index (κ3) is 2.55. The lowest BCUT2D eigenvalue weighted by Crippen LogP contribution is -2.33. The number of aromatic nitrogens is 2. The summed E-state index contributed by atoms with van der Waals surface area (Å²) in [5.41, 5.74) is 0. The van der Waals surface area contributed by atoms with Crippen LogP contribution in [0.2, 0.25) is 0 Å². The Kier molecular flexibility index (Phi) is 3.86. The van der Waals surface area contributed by atoms with Crippen molar-refractivity contribution in [3.63, 3.8) is 0 Å². The fraction of sp³-hybridized carbons (Fsp3) is 0.833. The smallest absolute Gasteiger partial charge is 0.243 e. The maximum atomic E-state index is 5.45. The summed E-state index contributed by atoms with van der Waals surface area (Å²) < 4.78 is 5.45. The quantitative estimate of drug-likeness (QED) is 0.879. The van der Waals surface area contributed by atoms with Gasteiger partial charge in [0.15, 0.2) is 5.82 Å². The molecular formula is C12H20N4OS. The van der Waals surface area contributed by atoms with E-state index in [-0.39, 0.29) is 6.04 Å². The van der Waals surface area contributed by atoms with Gasteiger partial charge < -0.3 is 9.84 Å². The second-order valence-corrected chi connectivity index (χ2v) is 6.21. The lowest BCUT2D eigenvalue weighted by Gasteiger charge is -2.29. The Bertz CT molecular complexity index is 391. The standard InChI is InChI=1S/C12H20N4OS/c1-16-6-7-18-8-10(16)11-14-12(17-15-11)9-4-2-3-5-13-9/h9-10,13H,2-8H2,1H3/t9-,10?/m0/s1. The van der Waals surface area contributed by atoms with E-state index in [0.29, 0.717) is 6.04 Å². The van der Waals surface area contributed by atoms with Crippen molar-refractivity contribution in [3.05, 3.63) is 11.7 Å². The molecule has 0 aliphatic carbocycles. The van der Waals surface area contributed by atoms with Gasteiger partial charge in [0.1, 0.15) is 0 Å². The van der Waals surface area contributed by atoms with E-state index in [4.69, 9.17) is 4.52 Å². The Morgan fingerprint density at radius 1 is 1.44 bits per heavy atom. The van der Waals surface area contributed by atoms with Crippen molar-refractivity contribution >= 4 is 11.8 Å². The van der Waals surface area contributed by atoms with E-state index in [1.54, 1.807) is 0 Å². The van der Waals surface area contributed by atoms with Crippen LogP contribution >= 0.6 is 11.8 Å². The minimum Gasteiger partial charge on any atom is -0.338 e. The first kappa shape index (κ1) is 12.4. The Labute approximate surface area is 112 Å². The molecule has 1 N–H and O–H groups in total. The zero-order valence-corrected chi connectivity index (χ0v) is 11.6. The van der Waals surface area contributed by atoms with Gasteiger partial charge in [-0.1, -0.05) is 11.6 Å².